The van der Waals surface area contributed by atoms with Crippen molar-refractivity contribution < 1.29 is 0 Å². The maximum Gasteiger partial charge on any atom is 0.0561 e. The van der Waals surface area contributed by atoms with Gasteiger partial charge in [-0.1, -0.05) is 166 Å². The van der Waals surface area contributed by atoms with Gasteiger partial charge in [0, 0.05) is 38.9 Å². The second kappa shape index (κ2) is 14.9. The van der Waals surface area contributed by atoms with E-state index in [1.165, 1.54) is 71.3 Å². The van der Waals surface area contributed by atoms with Gasteiger partial charge in [0.15, 0.2) is 0 Å². The van der Waals surface area contributed by atoms with E-state index in [1.807, 2.05) is 0 Å². The molecular formula is C58H48N2. The van der Waals surface area contributed by atoms with Gasteiger partial charge in [0.2, 0.25) is 0 Å². The summed E-state index contributed by atoms with van der Waals surface area (Å²) >= 11 is 0. The van der Waals surface area contributed by atoms with Gasteiger partial charge in [0.25, 0.3) is 0 Å². The quantitative estimate of drug-likeness (QED) is 0.142. The van der Waals surface area contributed by atoms with Crippen molar-refractivity contribution in [2.45, 2.75) is 40.0 Å². The van der Waals surface area contributed by atoms with Crippen molar-refractivity contribution in [2.24, 2.45) is 0 Å². The molecule has 0 saturated carbocycles. The van der Waals surface area contributed by atoms with Gasteiger partial charge in [-0.15, -0.1) is 0 Å². The summed E-state index contributed by atoms with van der Waals surface area (Å²) < 4.78 is 0. The van der Waals surface area contributed by atoms with Crippen LogP contribution in [0, 0.1) is 13.8 Å². The fourth-order valence-corrected chi connectivity index (χ4v) is 9.08. The van der Waals surface area contributed by atoms with Gasteiger partial charge in [-0.05, 0) is 129 Å². The summed E-state index contributed by atoms with van der Waals surface area (Å²) in [5, 5.41) is 7.54. The number of nitrogens with zero attached hydrogens (tertiary/aromatic N) is 2. The lowest BCUT2D eigenvalue weighted by Crippen LogP contribution is -2.16. The zero-order valence-electron chi connectivity index (χ0n) is 34.9. The van der Waals surface area contributed by atoms with E-state index in [-0.39, 0.29) is 5.41 Å². The molecule has 0 aliphatic carbocycles. The number of aryl methyl sites for hydroxylation is 2. The minimum absolute atomic E-state index is 0.0157. The van der Waals surface area contributed by atoms with Crippen LogP contribution in [0.3, 0.4) is 0 Å². The molecule has 0 heterocycles. The third kappa shape index (κ3) is 6.55. The summed E-state index contributed by atoms with van der Waals surface area (Å²) in [4.78, 5) is 4.96. The Morgan fingerprint density at radius 2 is 0.733 bits per heavy atom. The molecule has 0 aliphatic heterocycles. The normalized spacial score (nSPS) is 11.8. The standard InChI is InChI=1S/C58H48N2/c1-39-34-43(41-18-10-6-11-19-41)28-32-52(39)59(48-22-14-8-15-23-48)54-38-55(51-31-27-46-37-47(58(3,4)5)36-45-26-30-50(54)57(51)56(45)46)60(49-24-16-9-17-25-49)53-33-29-44(35-40(53)2)42-20-12-7-13-21-42/h6-38H,1-5H3. The lowest BCUT2D eigenvalue weighted by Gasteiger charge is -2.33. The number of benzene rings is 10. The first kappa shape index (κ1) is 37.1. The van der Waals surface area contributed by atoms with Crippen molar-refractivity contribution in [1.82, 2.24) is 0 Å². The van der Waals surface area contributed by atoms with Crippen molar-refractivity contribution in [2.75, 3.05) is 9.80 Å². The molecule has 0 spiro atoms. The molecule has 2 heteroatoms. The van der Waals surface area contributed by atoms with E-state index < -0.39 is 0 Å². The molecule has 0 aromatic heterocycles. The highest BCUT2D eigenvalue weighted by Gasteiger charge is 2.27. The summed E-state index contributed by atoms with van der Waals surface area (Å²) in [5.41, 5.74) is 15.4. The molecular weight excluding hydrogens is 725 g/mol. The predicted molar refractivity (Wildman–Crippen MR) is 259 cm³/mol. The van der Waals surface area contributed by atoms with Crippen molar-refractivity contribution in [3.63, 3.8) is 0 Å². The molecule has 10 aromatic rings. The van der Waals surface area contributed by atoms with E-state index >= 15 is 0 Å². The van der Waals surface area contributed by atoms with E-state index in [1.54, 1.807) is 0 Å². The van der Waals surface area contributed by atoms with Crippen molar-refractivity contribution in [3.05, 3.63) is 217 Å². The van der Waals surface area contributed by atoms with Gasteiger partial charge in [-0.3, -0.25) is 0 Å². The molecule has 60 heavy (non-hydrogen) atoms. The van der Waals surface area contributed by atoms with Crippen LogP contribution in [0.15, 0.2) is 200 Å². The van der Waals surface area contributed by atoms with Gasteiger partial charge in [0.05, 0.1) is 11.4 Å². The van der Waals surface area contributed by atoms with Crippen LogP contribution in [0.25, 0.3) is 54.6 Å². The molecule has 0 unspecified atom stereocenters. The van der Waals surface area contributed by atoms with Gasteiger partial charge in [-0.25, -0.2) is 0 Å². The Bertz CT molecular complexity index is 2930. The van der Waals surface area contributed by atoms with Crippen LogP contribution in [0.4, 0.5) is 34.1 Å². The Balaban J connectivity index is 1.30. The van der Waals surface area contributed by atoms with Gasteiger partial charge >= 0.3 is 0 Å². The van der Waals surface area contributed by atoms with E-state index in [0.717, 1.165) is 34.1 Å². The zero-order chi connectivity index (χ0) is 41.0. The highest BCUT2D eigenvalue weighted by atomic mass is 15.2. The van der Waals surface area contributed by atoms with E-state index in [4.69, 9.17) is 0 Å². The maximum absolute atomic E-state index is 2.48. The topological polar surface area (TPSA) is 6.48 Å². The third-order valence-electron chi connectivity index (χ3n) is 12.1. The van der Waals surface area contributed by atoms with Crippen LogP contribution in [0.2, 0.25) is 0 Å². The summed E-state index contributed by atoms with van der Waals surface area (Å²) in [6.45, 7) is 11.4. The number of rotatable bonds is 8. The molecule has 0 saturated heterocycles. The number of hydrogen-bond donors (Lipinski definition) is 0. The van der Waals surface area contributed by atoms with Crippen LogP contribution < -0.4 is 9.80 Å². The summed E-state index contributed by atoms with van der Waals surface area (Å²) in [7, 11) is 0. The first-order valence-corrected chi connectivity index (χ1v) is 21.0. The monoisotopic (exact) mass is 772 g/mol. The minimum Gasteiger partial charge on any atom is -0.310 e. The number of para-hydroxylation sites is 2. The largest absolute Gasteiger partial charge is 0.310 e. The summed E-state index contributed by atoms with van der Waals surface area (Å²) in [6.07, 6.45) is 0. The first-order chi connectivity index (χ1) is 29.2. The fraction of sp³-hybridized carbons (Fsp3) is 0.103. The van der Waals surface area contributed by atoms with Gasteiger partial charge in [-0.2, -0.15) is 0 Å². The lowest BCUT2D eigenvalue weighted by molar-refractivity contribution is 0.591. The molecule has 0 bridgehead atoms. The van der Waals surface area contributed by atoms with E-state index in [9.17, 15) is 0 Å². The van der Waals surface area contributed by atoms with Crippen LogP contribution >= 0.6 is 0 Å². The van der Waals surface area contributed by atoms with Gasteiger partial charge < -0.3 is 9.80 Å². The Labute approximate surface area is 354 Å². The van der Waals surface area contributed by atoms with E-state index in [2.05, 4.69) is 245 Å². The first-order valence-electron chi connectivity index (χ1n) is 21.0. The third-order valence-corrected chi connectivity index (χ3v) is 12.1. The van der Waals surface area contributed by atoms with Crippen LogP contribution in [0.5, 0.6) is 0 Å². The van der Waals surface area contributed by atoms with Crippen molar-refractivity contribution in [1.29, 1.82) is 0 Å². The highest BCUT2D eigenvalue weighted by Crippen LogP contribution is 2.51. The van der Waals surface area contributed by atoms with E-state index in [0.29, 0.717) is 0 Å². The second-order valence-corrected chi connectivity index (χ2v) is 17.1. The molecule has 0 N–H and O–H groups in total. The Kier molecular flexibility index (Phi) is 9.22. The average Bonchev–Trinajstić information content (AvgIpc) is 3.28. The van der Waals surface area contributed by atoms with Crippen molar-refractivity contribution >= 4 is 66.4 Å². The molecule has 0 amide bonds. The molecule has 0 fully saturated rings. The van der Waals surface area contributed by atoms with Crippen LogP contribution in [-0.4, -0.2) is 0 Å². The molecule has 0 atom stereocenters. The SMILES string of the molecule is Cc1cc(-c2ccccc2)ccc1N(c1ccccc1)c1cc(N(c2ccccc2)c2ccc(-c3ccccc3)cc2C)c2ccc3cc(C(C)(C)C)cc4ccc1c2c43. The fourth-order valence-electron chi connectivity index (χ4n) is 9.08. The van der Waals surface area contributed by atoms with Crippen LogP contribution in [-0.2, 0) is 5.41 Å². The molecule has 0 aliphatic rings. The smallest absolute Gasteiger partial charge is 0.0561 e. The molecule has 290 valence electrons. The Hall–Kier alpha value is -7.16. The Morgan fingerprint density at radius 3 is 1.12 bits per heavy atom. The average molecular weight is 773 g/mol. The minimum atomic E-state index is 0.0157. The van der Waals surface area contributed by atoms with Crippen LogP contribution in [0.1, 0.15) is 37.5 Å². The molecule has 2 nitrogen and oxygen atoms in total. The lowest BCUT2D eigenvalue weighted by atomic mass is 9.83. The van der Waals surface area contributed by atoms with Crippen molar-refractivity contribution in [3.8, 4) is 22.3 Å². The molecule has 10 rings (SSSR count). The summed E-state index contributed by atoms with van der Waals surface area (Å²) in [6, 6.07) is 73.6. The second-order valence-electron chi connectivity index (χ2n) is 17.1. The highest BCUT2D eigenvalue weighted by molar-refractivity contribution is 6.29. The zero-order valence-corrected chi connectivity index (χ0v) is 34.9. The number of hydrogen-bond acceptors (Lipinski definition) is 2. The maximum atomic E-state index is 2.48. The Morgan fingerprint density at radius 1 is 0.333 bits per heavy atom. The number of anilines is 6. The van der Waals surface area contributed by atoms with Gasteiger partial charge in [0.1, 0.15) is 0 Å². The molecule has 10 aromatic carbocycles. The summed E-state index contributed by atoms with van der Waals surface area (Å²) in [5.74, 6) is 0. The molecule has 0 radical (unpaired) electrons. The predicted octanol–water partition coefficient (Wildman–Crippen LogP) is 16.8.